The second-order valence-electron chi connectivity index (χ2n) is 9.52. The number of nitrogens with zero attached hydrogens (tertiary/aromatic N) is 4. The van der Waals surface area contributed by atoms with E-state index in [0.29, 0.717) is 25.2 Å². The second-order valence-corrected chi connectivity index (χ2v) is 9.52. The summed E-state index contributed by atoms with van der Waals surface area (Å²) in [5, 5.41) is 7.49. The average Bonchev–Trinajstić information content (AvgIpc) is 3.20. The minimum absolute atomic E-state index is 0.0834. The molecule has 1 aromatic carbocycles. The lowest BCUT2D eigenvalue weighted by atomic mass is 10.1. The topological polar surface area (TPSA) is 79.7 Å². The number of piperazine rings is 1. The summed E-state index contributed by atoms with van der Waals surface area (Å²) >= 11 is 0. The monoisotopic (exact) mass is 455 g/mol. The van der Waals surface area contributed by atoms with Crippen LogP contribution in [-0.2, 0) is 11.2 Å². The molecule has 0 aliphatic carbocycles. The van der Waals surface area contributed by atoms with Gasteiger partial charge in [0.15, 0.2) is 0 Å². The number of aromatic nitrogens is 2. The lowest BCUT2D eigenvalue weighted by Crippen LogP contribution is -2.50. The summed E-state index contributed by atoms with van der Waals surface area (Å²) in [7, 11) is 0. The maximum atomic E-state index is 12.8. The van der Waals surface area contributed by atoms with E-state index in [-0.39, 0.29) is 12.0 Å². The van der Waals surface area contributed by atoms with Crippen LogP contribution in [0.15, 0.2) is 30.5 Å². The van der Waals surface area contributed by atoms with Gasteiger partial charge in [0.1, 0.15) is 5.60 Å². The van der Waals surface area contributed by atoms with Crippen LogP contribution >= 0.6 is 0 Å². The van der Waals surface area contributed by atoms with Gasteiger partial charge >= 0.3 is 6.09 Å². The van der Waals surface area contributed by atoms with Gasteiger partial charge in [0.25, 0.3) is 5.91 Å². The molecule has 1 aromatic heterocycles. The minimum atomic E-state index is -0.472. The van der Waals surface area contributed by atoms with E-state index in [0.717, 1.165) is 43.9 Å². The third-order valence-corrected chi connectivity index (χ3v) is 5.69. The fourth-order valence-corrected chi connectivity index (χ4v) is 3.89. The fraction of sp³-hybridized carbons (Fsp3) is 0.560. The molecule has 1 aliphatic rings. The molecular weight excluding hydrogens is 418 g/mol. The van der Waals surface area contributed by atoms with Gasteiger partial charge in [0, 0.05) is 32.7 Å². The van der Waals surface area contributed by atoms with E-state index in [1.807, 2.05) is 63.6 Å². The average molecular weight is 456 g/mol. The van der Waals surface area contributed by atoms with E-state index in [9.17, 15) is 9.59 Å². The van der Waals surface area contributed by atoms with Gasteiger partial charge in [-0.1, -0.05) is 24.6 Å². The van der Waals surface area contributed by atoms with Crippen LogP contribution in [0.1, 0.15) is 55.7 Å². The summed E-state index contributed by atoms with van der Waals surface area (Å²) in [6.45, 7) is 14.2. The highest BCUT2D eigenvalue weighted by atomic mass is 16.6. The standard InChI is InChI=1S/C25H37N5O3/c1-6-22-21(18-27-30(22)20-10-8-19(2)9-11-20)23(31)26-12-7-13-28-14-16-29(17-15-28)24(32)33-25(3,4)5/h8-11,18H,6-7,12-17H2,1-5H3,(H,26,31). The number of carbonyl (C=O) groups excluding carboxylic acids is 2. The molecule has 3 rings (SSSR count). The van der Waals surface area contributed by atoms with Crippen LogP contribution in [0, 0.1) is 6.92 Å². The summed E-state index contributed by atoms with van der Waals surface area (Å²) in [4.78, 5) is 29.0. The molecule has 0 atom stereocenters. The molecule has 8 nitrogen and oxygen atoms in total. The van der Waals surface area contributed by atoms with Crippen LogP contribution in [-0.4, -0.2) is 76.5 Å². The highest BCUT2D eigenvalue weighted by molar-refractivity contribution is 5.95. The van der Waals surface area contributed by atoms with Crippen molar-refractivity contribution in [3.05, 3.63) is 47.3 Å². The van der Waals surface area contributed by atoms with Crippen molar-refractivity contribution < 1.29 is 14.3 Å². The van der Waals surface area contributed by atoms with Crippen molar-refractivity contribution in [3.8, 4) is 5.69 Å². The van der Waals surface area contributed by atoms with Crippen LogP contribution in [0.2, 0.25) is 0 Å². The lowest BCUT2D eigenvalue weighted by molar-refractivity contribution is 0.0144. The second kappa shape index (κ2) is 10.8. The molecule has 1 saturated heterocycles. The number of hydrogen-bond acceptors (Lipinski definition) is 5. The van der Waals surface area contributed by atoms with Gasteiger partial charge in [0.2, 0.25) is 0 Å². The molecule has 0 spiro atoms. The van der Waals surface area contributed by atoms with E-state index in [1.54, 1.807) is 11.1 Å². The molecule has 1 fully saturated rings. The summed E-state index contributed by atoms with van der Waals surface area (Å²) in [6.07, 6.45) is 2.99. The zero-order chi connectivity index (χ0) is 24.0. The molecule has 2 amide bonds. The third-order valence-electron chi connectivity index (χ3n) is 5.69. The Morgan fingerprint density at radius 3 is 2.36 bits per heavy atom. The third kappa shape index (κ3) is 6.81. The van der Waals surface area contributed by atoms with E-state index < -0.39 is 5.60 Å². The Morgan fingerprint density at radius 2 is 1.76 bits per heavy atom. The number of carbonyl (C=O) groups is 2. The van der Waals surface area contributed by atoms with Crippen LogP contribution in [0.5, 0.6) is 0 Å². The molecule has 180 valence electrons. The van der Waals surface area contributed by atoms with Crippen molar-refractivity contribution in [2.75, 3.05) is 39.3 Å². The molecule has 2 heterocycles. The Labute approximate surface area is 196 Å². The van der Waals surface area contributed by atoms with Crippen molar-refractivity contribution >= 4 is 12.0 Å². The Balaban J connectivity index is 1.43. The zero-order valence-electron chi connectivity index (χ0n) is 20.6. The first-order valence-corrected chi connectivity index (χ1v) is 11.8. The Bertz CT molecular complexity index is 938. The van der Waals surface area contributed by atoms with E-state index >= 15 is 0 Å². The smallest absolute Gasteiger partial charge is 0.410 e. The highest BCUT2D eigenvalue weighted by Crippen LogP contribution is 2.17. The first-order valence-electron chi connectivity index (χ1n) is 11.8. The number of aryl methyl sites for hydroxylation is 1. The number of ether oxygens (including phenoxy) is 1. The summed E-state index contributed by atoms with van der Waals surface area (Å²) < 4.78 is 7.29. The number of amides is 2. The minimum Gasteiger partial charge on any atom is -0.444 e. The maximum Gasteiger partial charge on any atom is 0.410 e. The van der Waals surface area contributed by atoms with Crippen LogP contribution in [0.3, 0.4) is 0 Å². The van der Waals surface area contributed by atoms with Crippen molar-refractivity contribution in [1.82, 2.24) is 24.9 Å². The van der Waals surface area contributed by atoms with Crippen LogP contribution < -0.4 is 5.32 Å². The first-order chi connectivity index (χ1) is 15.7. The van der Waals surface area contributed by atoms with Gasteiger partial charge in [-0.05, 0) is 59.2 Å². The fourth-order valence-electron chi connectivity index (χ4n) is 3.89. The number of hydrogen-bond donors (Lipinski definition) is 1. The van der Waals surface area contributed by atoms with Gasteiger partial charge in [-0.2, -0.15) is 5.10 Å². The van der Waals surface area contributed by atoms with E-state index in [4.69, 9.17) is 4.74 Å². The van der Waals surface area contributed by atoms with Gasteiger partial charge in [-0.3, -0.25) is 9.69 Å². The van der Waals surface area contributed by atoms with Crippen molar-refractivity contribution in [2.24, 2.45) is 0 Å². The van der Waals surface area contributed by atoms with Gasteiger partial charge in [-0.15, -0.1) is 0 Å². The molecule has 8 heteroatoms. The van der Waals surface area contributed by atoms with Crippen molar-refractivity contribution in [2.45, 2.75) is 53.1 Å². The largest absolute Gasteiger partial charge is 0.444 e. The number of benzene rings is 1. The van der Waals surface area contributed by atoms with Crippen LogP contribution in [0.25, 0.3) is 5.69 Å². The van der Waals surface area contributed by atoms with Crippen molar-refractivity contribution in [1.29, 1.82) is 0 Å². The predicted octanol–water partition coefficient (Wildman–Crippen LogP) is 3.42. The molecule has 33 heavy (non-hydrogen) atoms. The molecule has 0 unspecified atom stereocenters. The quantitative estimate of drug-likeness (QED) is 0.647. The predicted molar refractivity (Wildman–Crippen MR) is 129 cm³/mol. The maximum absolute atomic E-state index is 12.8. The normalized spacial score (nSPS) is 14.9. The molecule has 1 aliphatic heterocycles. The van der Waals surface area contributed by atoms with Gasteiger partial charge < -0.3 is 15.0 Å². The highest BCUT2D eigenvalue weighted by Gasteiger charge is 2.25. The lowest BCUT2D eigenvalue weighted by Gasteiger charge is -2.35. The van der Waals surface area contributed by atoms with Crippen molar-refractivity contribution in [3.63, 3.8) is 0 Å². The Morgan fingerprint density at radius 1 is 1.09 bits per heavy atom. The molecule has 0 radical (unpaired) electrons. The molecule has 0 saturated carbocycles. The molecular formula is C25H37N5O3. The first kappa shape index (κ1) is 24.8. The SMILES string of the molecule is CCc1c(C(=O)NCCCN2CCN(C(=O)OC(C)(C)C)CC2)cnn1-c1ccc(C)cc1. The molecule has 1 N–H and O–H groups in total. The summed E-state index contributed by atoms with van der Waals surface area (Å²) in [5.74, 6) is -0.0834. The number of nitrogens with one attached hydrogen (secondary N) is 1. The molecule has 0 bridgehead atoms. The zero-order valence-corrected chi connectivity index (χ0v) is 20.6. The van der Waals surface area contributed by atoms with Gasteiger partial charge in [-0.25, -0.2) is 9.48 Å². The Kier molecular flexibility index (Phi) is 8.13. The van der Waals surface area contributed by atoms with E-state index in [2.05, 4.69) is 15.3 Å². The van der Waals surface area contributed by atoms with E-state index in [1.165, 1.54) is 5.56 Å². The summed E-state index contributed by atoms with van der Waals surface area (Å²) in [5.41, 5.74) is 3.22. The van der Waals surface area contributed by atoms with Gasteiger partial charge in [0.05, 0.1) is 23.1 Å². The number of rotatable bonds is 7. The van der Waals surface area contributed by atoms with Crippen LogP contribution in [0.4, 0.5) is 4.79 Å². The molecule has 2 aromatic rings. The summed E-state index contributed by atoms with van der Waals surface area (Å²) in [6, 6.07) is 8.13. The Hall–Kier alpha value is -2.87.